The Morgan fingerprint density at radius 1 is 1.38 bits per heavy atom. The van der Waals surface area contributed by atoms with Crippen molar-refractivity contribution in [3.8, 4) is 5.75 Å². The van der Waals surface area contributed by atoms with Crippen LogP contribution in [0.15, 0.2) is 46.8 Å². The summed E-state index contributed by atoms with van der Waals surface area (Å²) in [5, 5.41) is 8.93. The molecule has 1 aromatic heterocycles. The first-order chi connectivity index (χ1) is 15.0. The highest BCUT2D eigenvalue weighted by Crippen LogP contribution is 2.26. The van der Waals surface area contributed by atoms with E-state index >= 15 is 0 Å². The van der Waals surface area contributed by atoms with Crippen molar-refractivity contribution < 1.29 is 14.3 Å². The van der Waals surface area contributed by atoms with E-state index in [4.69, 9.17) is 15.2 Å². The molecule has 0 spiro atoms. The summed E-state index contributed by atoms with van der Waals surface area (Å²) in [7, 11) is 1.76. The lowest BCUT2D eigenvalue weighted by Crippen LogP contribution is -2.47. The Balaban J connectivity index is 0.00000363. The van der Waals surface area contributed by atoms with Crippen LogP contribution in [-0.2, 0) is 16.1 Å². The minimum Gasteiger partial charge on any atom is -0.484 e. The van der Waals surface area contributed by atoms with Gasteiger partial charge < -0.3 is 25.8 Å². The quantitative estimate of drug-likeness (QED) is 0.242. The van der Waals surface area contributed by atoms with Crippen molar-refractivity contribution in [3.05, 3.63) is 52.2 Å². The third kappa shape index (κ3) is 8.23. The van der Waals surface area contributed by atoms with Crippen LogP contribution in [0.1, 0.15) is 23.4 Å². The molecule has 32 heavy (non-hydrogen) atoms. The fourth-order valence-electron chi connectivity index (χ4n) is 3.52. The Morgan fingerprint density at radius 2 is 2.22 bits per heavy atom. The standard InChI is InChI=1S/C22H31N5O3S.HI/c1-16-14-27(8-9-29-16)19(20-7-4-10-31-20)13-26-22(24-2)25-12-17-5-3-6-18(11-17)30-15-21(23)28;/h3-7,10-11,16,19H,8-9,12-15H2,1-2H3,(H2,23,28)(H2,24,25,26);1H. The van der Waals surface area contributed by atoms with E-state index in [2.05, 4.69) is 45.0 Å². The number of ether oxygens (including phenoxy) is 2. The lowest BCUT2D eigenvalue weighted by molar-refractivity contribution is -0.119. The number of nitrogens with one attached hydrogen (secondary N) is 2. The number of nitrogens with two attached hydrogens (primary N) is 1. The summed E-state index contributed by atoms with van der Waals surface area (Å²) >= 11 is 1.77. The Labute approximate surface area is 210 Å². The molecule has 176 valence electrons. The molecule has 1 saturated heterocycles. The van der Waals surface area contributed by atoms with Crippen molar-refractivity contribution in [2.24, 2.45) is 10.7 Å². The molecule has 1 aliphatic rings. The number of thiophene rings is 1. The summed E-state index contributed by atoms with van der Waals surface area (Å²) in [5.74, 6) is 0.842. The summed E-state index contributed by atoms with van der Waals surface area (Å²) in [4.78, 5) is 19.1. The Kier molecular flexibility index (Phi) is 11.2. The lowest BCUT2D eigenvalue weighted by atomic mass is 10.1. The molecule has 1 fully saturated rings. The van der Waals surface area contributed by atoms with E-state index in [1.54, 1.807) is 24.5 Å². The van der Waals surface area contributed by atoms with Gasteiger partial charge >= 0.3 is 0 Å². The van der Waals surface area contributed by atoms with Crippen LogP contribution >= 0.6 is 35.3 Å². The van der Waals surface area contributed by atoms with Crippen LogP contribution in [0.25, 0.3) is 0 Å². The van der Waals surface area contributed by atoms with Crippen LogP contribution in [-0.4, -0.2) is 62.8 Å². The Bertz CT molecular complexity index is 865. The number of amides is 1. The Morgan fingerprint density at radius 3 is 2.91 bits per heavy atom. The first-order valence-electron chi connectivity index (χ1n) is 10.4. The van der Waals surface area contributed by atoms with Gasteiger partial charge in [-0.05, 0) is 36.1 Å². The first kappa shape index (κ1) is 26.4. The number of nitrogens with zero attached hydrogens (tertiary/aromatic N) is 2. The number of morpholine rings is 1. The van der Waals surface area contributed by atoms with Gasteiger partial charge in [-0.15, -0.1) is 35.3 Å². The van der Waals surface area contributed by atoms with Crippen molar-refractivity contribution in [3.63, 3.8) is 0 Å². The van der Waals surface area contributed by atoms with Crippen LogP contribution in [0.3, 0.4) is 0 Å². The van der Waals surface area contributed by atoms with Crippen LogP contribution < -0.4 is 21.1 Å². The molecule has 8 nitrogen and oxygen atoms in total. The average molecular weight is 574 g/mol. The molecule has 2 unspecified atom stereocenters. The molecule has 3 rings (SSSR count). The highest BCUT2D eigenvalue weighted by Gasteiger charge is 2.26. The van der Waals surface area contributed by atoms with E-state index in [0.29, 0.717) is 12.3 Å². The van der Waals surface area contributed by atoms with Gasteiger partial charge in [-0.3, -0.25) is 14.7 Å². The van der Waals surface area contributed by atoms with Gasteiger partial charge in [0.1, 0.15) is 5.75 Å². The number of guanidine groups is 1. The van der Waals surface area contributed by atoms with E-state index < -0.39 is 5.91 Å². The first-order valence-corrected chi connectivity index (χ1v) is 11.3. The summed E-state index contributed by atoms with van der Waals surface area (Å²) in [5.41, 5.74) is 6.15. The van der Waals surface area contributed by atoms with Gasteiger partial charge in [0, 0.05) is 38.1 Å². The van der Waals surface area contributed by atoms with Gasteiger partial charge in [-0.2, -0.15) is 0 Å². The number of halogens is 1. The topological polar surface area (TPSA) is 101 Å². The Hall–Kier alpha value is -1.89. The summed E-state index contributed by atoms with van der Waals surface area (Å²) < 4.78 is 11.1. The van der Waals surface area contributed by atoms with E-state index in [-0.39, 0.29) is 42.7 Å². The maximum absolute atomic E-state index is 10.9. The van der Waals surface area contributed by atoms with E-state index in [0.717, 1.165) is 37.8 Å². The second kappa shape index (κ2) is 13.6. The zero-order valence-corrected chi connectivity index (χ0v) is 21.6. The van der Waals surface area contributed by atoms with Gasteiger partial charge in [0.25, 0.3) is 5.91 Å². The second-order valence-corrected chi connectivity index (χ2v) is 8.40. The van der Waals surface area contributed by atoms with Crippen LogP contribution in [0, 0.1) is 0 Å². The molecule has 0 radical (unpaired) electrons. The second-order valence-electron chi connectivity index (χ2n) is 7.42. The highest BCUT2D eigenvalue weighted by molar-refractivity contribution is 14.0. The highest BCUT2D eigenvalue weighted by atomic mass is 127. The maximum atomic E-state index is 10.9. The fourth-order valence-corrected chi connectivity index (χ4v) is 4.38. The summed E-state index contributed by atoms with van der Waals surface area (Å²) in [6.07, 6.45) is 0.234. The fraction of sp³-hybridized carbons (Fsp3) is 0.455. The number of hydrogen-bond donors (Lipinski definition) is 3. The van der Waals surface area contributed by atoms with E-state index in [1.165, 1.54) is 4.88 Å². The molecule has 2 aromatic rings. The van der Waals surface area contributed by atoms with Crippen LogP contribution in [0.5, 0.6) is 5.75 Å². The molecule has 2 atom stereocenters. The molecule has 1 aliphatic heterocycles. The number of benzene rings is 1. The SMILES string of the molecule is CN=C(NCc1cccc(OCC(N)=O)c1)NCC(c1cccs1)N1CCOC(C)C1.I. The van der Waals surface area contributed by atoms with Gasteiger partial charge in [-0.25, -0.2) is 0 Å². The van der Waals surface area contributed by atoms with Gasteiger partial charge in [0.2, 0.25) is 0 Å². The van der Waals surface area contributed by atoms with E-state index in [1.807, 2.05) is 18.2 Å². The number of rotatable bonds is 9. The smallest absolute Gasteiger partial charge is 0.255 e. The molecule has 0 bridgehead atoms. The molecule has 1 aromatic carbocycles. The minimum atomic E-state index is -0.497. The van der Waals surface area contributed by atoms with Gasteiger partial charge in [0.05, 0.1) is 18.8 Å². The largest absolute Gasteiger partial charge is 0.484 e. The summed E-state index contributed by atoms with van der Waals surface area (Å²) in [6, 6.07) is 12.1. The maximum Gasteiger partial charge on any atom is 0.255 e. The molecular weight excluding hydrogens is 541 g/mol. The predicted octanol–water partition coefficient (Wildman–Crippen LogP) is 2.36. The monoisotopic (exact) mass is 573 g/mol. The predicted molar refractivity (Wildman–Crippen MR) is 139 cm³/mol. The number of carbonyl (C=O) groups is 1. The van der Waals surface area contributed by atoms with Crippen molar-refractivity contribution in [2.75, 3.05) is 39.9 Å². The van der Waals surface area contributed by atoms with Crippen LogP contribution in [0.2, 0.25) is 0 Å². The molecule has 4 N–H and O–H groups in total. The number of primary amides is 1. The third-order valence-corrected chi connectivity index (χ3v) is 5.98. The van der Waals surface area contributed by atoms with Crippen molar-refractivity contribution in [2.45, 2.75) is 25.6 Å². The van der Waals surface area contributed by atoms with Crippen molar-refractivity contribution >= 4 is 47.2 Å². The van der Waals surface area contributed by atoms with Crippen molar-refractivity contribution in [1.82, 2.24) is 15.5 Å². The molecule has 1 amide bonds. The molecule has 0 aliphatic carbocycles. The number of aliphatic imine (C=N–C) groups is 1. The van der Waals surface area contributed by atoms with E-state index in [9.17, 15) is 4.79 Å². The normalized spacial score (nSPS) is 17.8. The molecule has 0 saturated carbocycles. The lowest BCUT2D eigenvalue weighted by Gasteiger charge is -2.37. The van der Waals surface area contributed by atoms with Crippen molar-refractivity contribution in [1.29, 1.82) is 0 Å². The number of hydrogen-bond acceptors (Lipinski definition) is 6. The third-order valence-electron chi connectivity index (χ3n) is 5.01. The molecule has 2 heterocycles. The molecule has 10 heteroatoms. The average Bonchev–Trinajstić information content (AvgIpc) is 3.29. The minimum absolute atomic E-state index is 0. The van der Waals surface area contributed by atoms with Gasteiger partial charge in [0.15, 0.2) is 12.6 Å². The zero-order valence-electron chi connectivity index (χ0n) is 18.5. The van der Waals surface area contributed by atoms with Gasteiger partial charge in [-0.1, -0.05) is 18.2 Å². The number of carbonyl (C=O) groups excluding carboxylic acids is 1. The summed E-state index contributed by atoms with van der Waals surface area (Å²) in [6.45, 7) is 5.88. The van der Waals surface area contributed by atoms with Crippen LogP contribution in [0.4, 0.5) is 0 Å². The molecular formula is C22H32IN5O3S. The zero-order chi connectivity index (χ0) is 22.1.